The van der Waals surface area contributed by atoms with Crippen LogP contribution in [0.3, 0.4) is 0 Å². The number of carboxylic acids is 1. The highest BCUT2D eigenvalue weighted by atomic mass is 32.1. The molecule has 1 aromatic rings. The van der Waals surface area contributed by atoms with Crippen molar-refractivity contribution in [3.8, 4) is 0 Å². The van der Waals surface area contributed by atoms with Crippen molar-refractivity contribution in [3.63, 3.8) is 0 Å². The van der Waals surface area contributed by atoms with Crippen LogP contribution in [0.1, 0.15) is 25.1 Å². The van der Waals surface area contributed by atoms with Gasteiger partial charge in [-0.25, -0.2) is 9.78 Å². The van der Waals surface area contributed by atoms with E-state index in [4.69, 9.17) is 5.11 Å². The van der Waals surface area contributed by atoms with Crippen LogP contribution < -0.4 is 10.6 Å². The number of aromatic nitrogens is 1. The van der Waals surface area contributed by atoms with Crippen molar-refractivity contribution in [2.45, 2.75) is 27.2 Å². The molecule has 3 N–H and O–H groups in total. The second kappa shape index (κ2) is 5.81. The number of carboxylic acid groups (broad SMARTS) is 1. The van der Waals surface area contributed by atoms with Crippen molar-refractivity contribution < 1.29 is 14.7 Å². The van der Waals surface area contributed by atoms with Gasteiger partial charge in [-0.3, -0.25) is 10.1 Å². The van der Waals surface area contributed by atoms with Crippen molar-refractivity contribution in [1.29, 1.82) is 0 Å². The summed E-state index contributed by atoms with van der Waals surface area (Å²) in [5, 5.41) is 14.7. The maximum absolute atomic E-state index is 11.6. The number of hydrogen-bond donors (Lipinski definition) is 3. The Morgan fingerprint density at radius 2 is 2.22 bits per heavy atom. The second-order valence-corrected chi connectivity index (χ2v) is 5.54. The van der Waals surface area contributed by atoms with Gasteiger partial charge >= 0.3 is 12.0 Å². The first-order valence-electron chi connectivity index (χ1n) is 5.58. The van der Waals surface area contributed by atoms with Gasteiger partial charge in [0.1, 0.15) is 0 Å². The average molecular weight is 271 g/mol. The van der Waals surface area contributed by atoms with E-state index in [1.807, 2.05) is 6.92 Å². The number of nitrogens with one attached hydrogen (secondary N) is 2. The second-order valence-electron chi connectivity index (χ2n) is 4.30. The molecule has 0 bridgehead atoms. The van der Waals surface area contributed by atoms with Crippen LogP contribution in [-0.2, 0) is 4.79 Å². The Bertz CT molecular complexity index is 446. The van der Waals surface area contributed by atoms with Gasteiger partial charge in [0.25, 0.3) is 0 Å². The fraction of sp³-hybridized carbons (Fsp3) is 0.545. The monoisotopic (exact) mass is 271 g/mol. The first-order valence-corrected chi connectivity index (χ1v) is 6.39. The molecule has 0 aliphatic rings. The number of hydrogen-bond acceptors (Lipinski definition) is 4. The summed E-state index contributed by atoms with van der Waals surface area (Å²) in [7, 11) is 0. The Kier molecular flexibility index (Phi) is 4.66. The minimum Gasteiger partial charge on any atom is -0.481 e. The molecule has 0 saturated carbocycles. The summed E-state index contributed by atoms with van der Waals surface area (Å²) in [6.45, 7) is 5.34. The number of carbonyl (C=O) groups is 2. The first-order chi connectivity index (χ1) is 8.37. The topological polar surface area (TPSA) is 91.3 Å². The Morgan fingerprint density at radius 1 is 1.56 bits per heavy atom. The summed E-state index contributed by atoms with van der Waals surface area (Å²) >= 11 is 1.36. The van der Waals surface area contributed by atoms with Gasteiger partial charge in [-0.1, -0.05) is 6.92 Å². The Balaban J connectivity index is 2.48. The first kappa shape index (κ1) is 14.4. The van der Waals surface area contributed by atoms with Crippen molar-refractivity contribution in [1.82, 2.24) is 10.3 Å². The summed E-state index contributed by atoms with van der Waals surface area (Å²) < 4.78 is 0. The van der Waals surface area contributed by atoms with Gasteiger partial charge in [-0.05, 0) is 20.3 Å². The molecule has 1 rings (SSSR count). The summed E-state index contributed by atoms with van der Waals surface area (Å²) in [6.07, 6.45) is 2.10. The number of rotatable bonds is 5. The molecule has 0 aliphatic carbocycles. The van der Waals surface area contributed by atoms with Crippen molar-refractivity contribution in [2.24, 2.45) is 5.41 Å². The molecule has 18 heavy (non-hydrogen) atoms. The maximum Gasteiger partial charge on any atom is 0.321 e. The van der Waals surface area contributed by atoms with Gasteiger partial charge in [-0.15, -0.1) is 11.3 Å². The highest BCUT2D eigenvalue weighted by Gasteiger charge is 2.31. The van der Waals surface area contributed by atoms with Crippen LogP contribution >= 0.6 is 11.3 Å². The highest BCUT2D eigenvalue weighted by molar-refractivity contribution is 7.15. The zero-order valence-corrected chi connectivity index (χ0v) is 11.4. The number of urea groups is 1. The number of amides is 2. The Labute approximate surface area is 109 Å². The third kappa shape index (κ3) is 3.69. The molecule has 2 amide bonds. The predicted octanol–water partition coefficient (Wildman–Crippen LogP) is 2.07. The Hall–Kier alpha value is -1.63. The molecule has 1 heterocycles. The molecule has 1 aromatic heterocycles. The van der Waals surface area contributed by atoms with Crippen molar-refractivity contribution in [2.75, 3.05) is 11.9 Å². The van der Waals surface area contributed by atoms with E-state index in [1.165, 1.54) is 11.3 Å². The van der Waals surface area contributed by atoms with E-state index >= 15 is 0 Å². The van der Waals surface area contributed by atoms with Crippen molar-refractivity contribution >= 4 is 28.5 Å². The normalized spacial score (nSPS) is 13.7. The minimum atomic E-state index is -0.948. The lowest BCUT2D eigenvalue weighted by Gasteiger charge is -2.23. The molecular formula is C11H17N3O3S. The molecule has 0 saturated heterocycles. The van der Waals surface area contributed by atoms with Gasteiger partial charge in [0.2, 0.25) is 0 Å². The number of carbonyl (C=O) groups excluding carboxylic acids is 1. The maximum atomic E-state index is 11.6. The molecule has 0 spiro atoms. The molecule has 1 atom stereocenters. The quantitative estimate of drug-likeness (QED) is 0.764. The van der Waals surface area contributed by atoms with Crippen LogP contribution in [0.5, 0.6) is 0 Å². The van der Waals surface area contributed by atoms with Gasteiger partial charge in [0.15, 0.2) is 5.13 Å². The highest BCUT2D eigenvalue weighted by Crippen LogP contribution is 2.20. The lowest BCUT2D eigenvalue weighted by molar-refractivity contribution is -0.147. The Morgan fingerprint density at radius 3 is 2.67 bits per heavy atom. The predicted molar refractivity (Wildman–Crippen MR) is 69.9 cm³/mol. The molecule has 0 aromatic carbocycles. The molecule has 1 unspecified atom stereocenters. The minimum absolute atomic E-state index is 0.0784. The summed E-state index contributed by atoms with van der Waals surface area (Å²) in [6, 6.07) is -0.440. The van der Waals surface area contributed by atoms with Crippen LogP contribution in [0.2, 0.25) is 0 Å². The average Bonchev–Trinajstić information content (AvgIpc) is 2.71. The lowest BCUT2D eigenvalue weighted by atomic mass is 9.88. The smallest absolute Gasteiger partial charge is 0.321 e. The third-order valence-electron chi connectivity index (χ3n) is 2.78. The van der Waals surface area contributed by atoms with Crippen LogP contribution in [0.4, 0.5) is 9.93 Å². The number of thiazole rings is 1. The SMILES string of the molecule is CCC(C)(CNC(=O)Nc1ncc(C)s1)C(=O)O. The largest absolute Gasteiger partial charge is 0.481 e. The van der Waals surface area contributed by atoms with E-state index in [0.717, 1.165) is 4.88 Å². The van der Waals surface area contributed by atoms with E-state index in [1.54, 1.807) is 20.0 Å². The molecule has 0 radical (unpaired) electrons. The molecule has 7 heteroatoms. The van der Waals surface area contributed by atoms with Crippen molar-refractivity contribution in [3.05, 3.63) is 11.1 Å². The van der Waals surface area contributed by atoms with E-state index in [9.17, 15) is 9.59 Å². The van der Waals surface area contributed by atoms with Crippen LogP contribution in [-0.4, -0.2) is 28.6 Å². The number of anilines is 1. The zero-order valence-electron chi connectivity index (χ0n) is 10.6. The van der Waals surface area contributed by atoms with Gasteiger partial charge in [-0.2, -0.15) is 0 Å². The number of nitrogens with zero attached hydrogens (tertiary/aromatic N) is 1. The summed E-state index contributed by atoms with van der Waals surface area (Å²) in [4.78, 5) is 27.6. The fourth-order valence-electron chi connectivity index (χ4n) is 1.18. The summed E-state index contributed by atoms with van der Waals surface area (Å²) in [5.41, 5.74) is -0.948. The fourth-order valence-corrected chi connectivity index (χ4v) is 1.84. The van der Waals surface area contributed by atoms with Crippen LogP contribution in [0.25, 0.3) is 0 Å². The molecule has 0 aliphatic heterocycles. The molecule has 0 fully saturated rings. The van der Waals surface area contributed by atoms with Crippen LogP contribution in [0, 0.1) is 12.3 Å². The zero-order chi connectivity index (χ0) is 13.8. The standard InChI is InChI=1S/C11H17N3O3S/c1-4-11(3,8(15)16)6-13-9(17)14-10-12-5-7(2)18-10/h5H,4,6H2,1-3H3,(H,15,16)(H2,12,13,14,17). The molecule has 100 valence electrons. The lowest BCUT2D eigenvalue weighted by Crippen LogP contribution is -2.42. The number of aliphatic carboxylic acids is 1. The van der Waals surface area contributed by atoms with Crippen LogP contribution in [0.15, 0.2) is 6.20 Å². The molecular weight excluding hydrogens is 254 g/mol. The van der Waals surface area contributed by atoms with E-state index < -0.39 is 17.4 Å². The third-order valence-corrected chi connectivity index (χ3v) is 3.61. The van der Waals surface area contributed by atoms with E-state index in [0.29, 0.717) is 11.6 Å². The summed E-state index contributed by atoms with van der Waals surface area (Å²) in [5.74, 6) is -0.921. The number of aryl methyl sites for hydroxylation is 1. The van der Waals surface area contributed by atoms with Gasteiger partial charge < -0.3 is 10.4 Å². The van der Waals surface area contributed by atoms with E-state index in [2.05, 4.69) is 15.6 Å². The molecule has 6 nitrogen and oxygen atoms in total. The van der Waals surface area contributed by atoms with E-state index in [-0.39, 0.29) is 6.54 Å². The van der Waals surface area contributed by atoms with Gasteiger partial charge in [0, 0.05) is 17.6 Å². The van der Waals surface area contributed by atoms with Gasteiger partial charge in [0.05, 0.1) is 5.41 Å².